The molecule has 0 radical (unpaired) electrons. The molecule has 150 valence electrons. The minimum absolute atomic E-state index is 0.0936. The number of anilines is 1. The van der Waals surface area contributed by atoms with Gasteiger partial charge in [0, 0.05) is 60.7 Å². The number of pyridine rings is 1. The van der Waals surface area contributed by atoms with Crippen LogP contribution in [-0.2, 0) is 13.6 Å². The number of nitrogens with zero attached hydrogens (tertiary/aromatic N) is 4. The number of nitrogens with two attached hydrogens (primary N) is 1. The van der Waals surface area contributed by atoms with E-state index >= 15 is 0 Å². The molecule has 0 saturated carbocycles. The maximum Gasteiger partial charge on any atom is 0.255 e. The summed E-state index contributed by atoms with van der Waals surface area (Å²) in [4.78, 5) is 19.4. The van der Waals surface area contributed by atoms with Crippen molar-refractivity contribution in [3.8, 4) is 11.1 Å². The molecule has 1 amide bonds. The van der Waals surface area contributed by atoms with Crippen LogP contribution in [0.2, 0.25) is 0 Å². The molecule has 8 heteroatoms. The number of hydrogen-bond acceptors (Lipinski definition) is 5. The third-order valence-electron chi connectivity index (χ3n) is 5.10. The van der Waals surface area contributed by atoms with Crippen molar-refractivity contribution in [3.63, 3.8) is 0 Å². The van der Waals surface area contributed by atoms with Crippen molar-refractivity contribution in [3.05, 3.63) is 64.5 Å². The molecule has 1 fully saturated rings. The number of rotatable bonds is 5. The highest BCUT2D eigenvalue weighted by molar-refractivity contribution is 9.10. The first-order chi connectivity index (χ1) is 14.0. The quantitative estimate of drug-likeness (QED) is 0.618. The Labute approximate surface area is 178 Å². The zero-order valence-electron chi connectivity index (χ0n) is 16.2. The fourth-order valence-corrected chi connectivity index (χ4v) is 4.08. The van der Waals surface area contributed by atoms with Gasteiger partial charge >= 0.3 is 0 Å². The smallest absolute Gasteiger partial charge is 0.255 e. The van der Waals surface area contributed by atoms with Gasteiger partial charge in [0.2, 0.25) is 0 Å². The van der Waals surface area contributed by atoms with Gasteiger partial charge in [-0.05, 0) is 30.2 Å². The molecule has 3 heterocycles. The topological polar surface area (TPSA) is 89.1 Å². The first kappa shape index (κ1) is 19.6. The number of nitrogen functional groups attached to an aromatic ring is 1. The van der Waals surface area contributed by atoms with E-state index in [1.54, 1.807) is 23.1 Å². The molecule has 7 nitrogen and oxygen atoms in total. The van der Waals surface area contributed by atoms with Gasteiger partial charge in [-0.3, -0.25) is 14.4 Å². The number of aryl methyl sites for hydroxylation is 1. The van der Waals surface area contributed by atoms with Gasteiger partial charge < -0.3 is 11.1 Å². The van der Waals surface area contributed by atoms with Crippen LogP contribution in [0.4, 0.5) is 5.82 Å². The number of carbonyl (C=O) groups is 1. The molecule has 4 rings (SSSR count). The number of aromatic nitrogens is 3. The highest BCUT2D eigenvalue weighted by atomic mass is 79.9. The van der Waals surface area contributed by atoms with Crippen LogP contribution in [0.15, 0.2) is 53.4 Å². The first-order valence-electron chi connectivity index (χ1n) is 9.50. The Hall–Kier alpha value is -2.71. The van der Waals surface area contributed by atoms with E-state index in [9.17, 15) is 4.79 Å². The summed E-state index contributed by atoms with van der Waals surface area (Å²) < 4.78 is 2.79. The lowest BCUT2D eigenvalue weighted by Gasteiger charge is -2.17. The Morgan fingerprint density at radius 3 is 2.93 bits per heavy atom. The molecule has 2 aromatic heterocycles. The van der Waals surface area contributed by atoms with Gasteiger partial charge in [-0.2, -0.15) is 5.10 Å². The van der Waals surface area contributed by atoms with Crippen LogP contribution in [0, 0.1) is 0 Å². The molecule has 3 N–H and O–H groups in total. The molecular formula is C21H23BrN6O. The summed E-state index contributed by atoms with van der Waals surface area (Å²) in [6.45, 7) is 2.63. The second kappa shape index (κ2) is 8.34. The van der Waals surface area contributed by atoms with E-state index in [2.05, 4.69) is 48.4 Å². The average molecular weight is 455 g/mol. The predicted octanol–water partition coefficient (Wildman–Crippen LogP) is 2.83. The van der Waals surface area contributed by atoms with E-state index in [0.29, 0.717) is 5.56 Å². The van der Waals surface area contributed by atoms with Crippen molar-refractivity contribution in [2.24, 2.45) is 7.05 Å². The van der Waals surface area contributed by atoms with Crippen LogP contribution in [0.25, 0.3) is 11.1 Å². The van der Waals surface area contributed by atoms with Gasteiger partial charge in [0.1, 0.15) is 5.82 Å². The van der Waals surface area contributed by atoms with Crippen molar-refractivity contribution in [1.29, 1.82) is 0 Å². The van der Waals surface area contributed by atoms with Crippen LogP contribution < -0.4 is 11.1 Å². The lowest BCUT2D eigenvalue weighted by atomic mass is 10.1. The number of halogens is 1. The first-order valence-corrected chi connectivity index (χ1v) is 10.3. The molecule has 1 saturated heterocycles. The number of hydrogen-bond donors (Lipinski definition) is 2. The van der Waals surface area contributed by atoms with Crippen molar-refractivity contribution in [1.82, 2.24) is 25.0 Å². The standard InChI is InChI=1S/C21H23BrN6O/c1-27-12-16(10-25-27)15-8-19(20(23)24-9-15)21(29)26-18-5-6-28(13-18)11-14-3-2-4-17(22)7-14/h2-4,7-10,12,18H,5-6,11,13H2,1H3,(H2,23,24)(H,26,29)/t18-/m1/s1. The summed E-state index contributed by atoms with van der Waals surface area (Å²) in [5, 5.41) is 7.29. The Balaban J connectivity index is 1.41. The fourth-order valence-electron chi connectivity index (χ4n) is 3.64. The fraction of sp³-hybridized carbons (Fsp3) is 0.286. The van der Waals surface area contributed by atoms with Crippen molar-refractivity contribution in [2.45, 2.75) is 19.0 Å². The predicted molar refractivity (Wildman–Crippen MR) is 116 cm³/mol. The van der Waals surface area contributed by atoms with Crippen molar-refractivity contribution >= 4 is 27.7 Å². The lowest BCUT2D eigenvalue weighted by molar-refractivity contribution is 0.0938. The van der Waals surface area contributed by atoms with Crippen molar-refractivity contribution in [2.75, 3.05) is 18.8 Å². The zero-order chi connectivity index (χ0) is 20.4. The minimum atomic E-state index is -0.185. The molecule has 1 aromatic carbocycles. The van der Waals surface area contributed by atoms with E-state index < -0.39 is 0 Å². The summed E-state index contributed by atoms with van der Waals surface area (Å²) in [7, 11) is 1.85. The maximum atomic E-state index is 12.8. The zero-order valence-corrected chi connectivity index (χ0v) is 17.8. The Kier molecular flexibility index (Phi) is 5.64. The molecular weight excluding hydrogens is 432 g/mol. The van der Waals surface area contributed by atoms with Crippen LogP contribution in [0.5, 0.6) is 0 Å². The average Bonchev–Trinajstić information content (AvgIpc) is 3.31. The molecule has 1 atom stereocenters. The molecule has 0 unspecified atom stereocenters. The summed E-state index contributed by atoms with van der Waals surface area (Å²) in [6.07, 6.45) is 6.20. The van der Waals surface area contributed by atoms with Crippen LogP contribution in [0.1, 0.15) is 22.3 Å². The van der Waals surface area contributed by atoms with Crippen LogP contribution in [-0.4, -0.2) is 44.7 Å². The van der Waals surface area contributed by atoms with E-state index in [1.807, 2.05) is 25.4 Å². The summed E-state index contributed by atoms with van der Waals surface area (Å²) in [5.41, 5.74) is 9.36. The number of nitrogens with one attached hydrogen (secondary N) is 1. The number of carbonyl (C=O) groups excluding carboxylic acids is 1. The van der Waals surface area contributed by atoms with Crippen molar-refractivity contribution < 1.29 is 4.79 Å². The largest absolute Gasteiger partial charge is 0.383 e. The van der Waals surface area contributed by atoms with Gasteiger partial charge in [0.05, 0.1) is 11.8 Å². The van der Waals surface area contributed by atoms with Gasteiger partial charge in [-0.25, -0.2) is 4.98 Å². The molecule has 1 aliphatic heterocycles. The lowest BCUT2D eigenvalue weighted by Crippen LogP contribution is -2.37. The van der Waals surface area contributed by atoms with E-state index in [-0.39, 0.29) is 17.8 Å². The van der Waals surface area contributed by atoms with E-state index in [0.717, 1.165) is 41.7 Å². The van der Waals surface area contributed by atoms with Gasteiger partial charge in [-0.15, -0.1) is 0 Å². The third kappa shape index (κ3) is 4.65. The van der Waals surface area contributed by atoms with Gasteiger partial charge in [0.15, 0.2) is 0 Å². The monoisotopic (exact) mass is 454 g/mol. The highest BCUT2D eigenvalue weighted by Crippen LogP contribution is 2.22. The molecule has 3 aromatic rings. The normalized spacial score (nSPS) is 16.8. The summed E-state index contributed by atoms with van der Waals surface area (Å²) in [6, 6.07) is 10.2. The summed E-state index contributed by atoms with van der Waals surface area (Å²) in [5.74, 6) is 0.0502. The van der Waals surface area contributed by atoms with E-state index in [4.69, 9.17) is 5.73 Å². The molecule has 0 spiro atoms. The van der Waals surface area contributed by atoms with E-state index in [1.165, 1.54) is 5.56 Å². The second-order valence-corrected chi connectivity index (χ2v) is 8.30. The minimum Gasteiger partial charge on any atom is -0.383 e. The molecule has 0 aliphatic carbocycles. The maximum absolute atomic E-state index is 12.8. The van der Waals surface area contributed by atoms with Crippen LogP contribution >= 0.6 is 15.9 Å². The Bertz CT molecular complexity index is 1030. The molecule has 1 aliphatic rings. The highest BCUT2D eigenvalue weighted by Gasteiger charge is 2.25. The van der Waals surface area contributed by atoms with Crippen LogP contribution in [0.3, 0.4) is 0 Å². The second-order valence-electron chi connectivity index (χ2n) is 7.38. The third-order valence-corrected chi connectivity index (χ3v) is 5.60. The molecule has 29 heavy (non-hydrogen) atoms. The molecule has 0 bridgehead atoms. The number of benzene rings is 1. The Morgan fingerprint density at radius 2 is 2.17 bits per heavy atom. The SMILES string of the molecule is Cn1cc(-c2cnc(N)c(C(=O)N[C@@H]3CCN(Cc4cccc(Br)c4)C3)c2)cn1. The number of likely N-dealkylation sites (tertiary alicyclic amines) is 1. The number of amides is 1. The van der Waals surface area contributed by atoms with Gasteiger partial charge in [-0.1, -0.05) is 28.1 Å². The Morgan fingerprint density at radius 1 is 1.31 bits per heavy atom. The van der Waals surface area contributed by atoms with Gasteiger partial charge in [0.25, 0.3) is 5.91 Å². The summed E-state index contributed by atoms with van der Waals surface area (Å²) >= 11 is 3.51.